The molecule has 0 fully saturated rings. The summed E-state index contributed by atoms with van der Waals surface area (Å²) in [5.41, 5.74) is 2.40. The maximum atomic E-state index is 11.5. The smallest absolute Gasteiger partial charge is 0.220 e. The van der Waals surface area contributed by atoms with Crippen LogP contribution in [0.25, 0.3) is 0 Å². The molecule has 0 aliphatic rings. The van der Waals surface area contributed by atoms with Gasteiger partial charge in [-0.3, -0.25) is 4.79 Å². The lowest BCUT2D eigenvalue weighted by Crippen LogP contribution is -2.22. The van der Waals surface area contributed by atoms with Crippen LogP contribution in [0.5, 0.6) is 0 Å². The Labute approximate surface area is 112 Å². The van der Waals surface area contributed by atoms with Crippen LogP contribution >= 0.6 is 15.9 Å². The first-order chi connectivity index (χ1) is 8.26. The van der Waals surface area contributed by atoms with Gasteiger partial charge in [-0.2, -0.15) is 0 Å². The average molecular weight is 298 g/mol. The topological polar surface area (TPSA) is 29.1 Å². The summed E-state index contributed by atoms with van der Waals surface area (Å²) < 4.78 is 0. The third-order valence-electron chi connectivity index (χ3n) is 2.67. The fourth-order valence-corrected chi connectivity index (χ4v) is 1.94. The predicted molar refractivity (Wildman–Crippen MR) is 75.1 cm³/mol. The Morgan fingerprint density at radius 3 is 2.41 bits per heavy atom. The van der Waals surface area contributed by atoms with Crippen LogP contribution in [0.2, 0.25) is 0 Å². The molecule has 0 bridgehead atoms. The Balaban J connectivity index is 2.27. The standard InChI is InChI=1S/C14H20BrNO/c1-2-3-4-5-14(17)16-11-13-8-6-12(10-15)7-9-13/h6-9H,2-5,10-11H2,1H3,(H,16,17). The number of benzene rings is 1. The van der Waals surface area contributed by atoms with E-state index in [0.717, 1.165) is 30.2 Å². The first-order valence-corrected chi connectivity index (χ1v) is 7.29. The van der Waals surface area contributed by atoms with Gasteiger partial charge < -0.3 is 5.32 Å². The number of carbonyl (C=O) groups excluding carboxylic acids is 1. The Bertz CT molecular complexity index is 335. The van der Waals surface area contributed by atoms with Crippen LogP contribution < -0.4 is 5.32 Å². The number of amides is 1. The molecule has 0 heterocycles. The van der Waals surface area contributed by atoms with E-state index >= 15 is 0 Å². The van der Waals surface area contributed by atoms with Gasteiger partial charge in [0.1, 0.15) is 0 Å². The van der Waals surface area contributed by atoms with Gasteiger partial charge in [0.05, 0.1) is 0 Å². The lowest BCUT2D eigenvalue weighted by atomic mass is 10.1. The van der Waals surface area contributed by atoms with E-state index in [4.69, 9.17) is 0 Å². The molecule has 0 spiro atoms. The summed E-state index contributed by atoms with van der Waals surface area (Å²) in [5.74, 6) is 0.156. The number of carbonyl (C=O) groups is 1. The van der Waals surface area contributed by atoms with Crippen LogP contribution in [0.3, 0.4) is 0 Å². The largest absolute Gasteiger partial charge is 0.352 e. The molecule has 0 atom stereocenters. The van der Waals surface area contributed by atoms with Crippen LogP contribution in [0.15, 0.2) is 24.3 Å². The van der Waals surface area contributed by atoms with E-state index in [1.165, 1.54) is 5.56 Å². The Morgan fingerprint density at radius 2 is 1.82 bits per heavy atom. The number of rotatable bonds is 7. The molecule has 0 saturated carbocycles. The van der Waals surface area contributed by atoms with E-state index in [2.05, 4.69) is 52.4 Å². The van der Waals surface area contributed by atoms with Gasteiger partial charge in [-0.25, -0.2) is 0 Å². The number of hydrogen-bond acceptors (Lipinski definition) is 1. The number of alkyl halides is 1. The van der Waals surface area contributed by atoms with Gasteiger partial charge in [0.2, 0.25) is 5.91 Å². The van der Waals surface area contributed by atoms with Crippen molar-refractivity contribution in [2.24, 2.45) is 0 Å². The zero-order valence-electron chi connectivity index (χ0n) is 10.3. The minimum atomic E-state index is 0.156. The minimum Gasteiger partial charge on any atom is -0.352 e. The van der Waals surface area contributed by atoms with Gasteiger partial charge >= 0.3 is 0 Å². The first-order valence-electron chi connectivity index (χ1n) is 6.16. The predicted octanol–water partition coefficient (Wildman–Crippen LogP) is 3.78. The maximum absolute atomic E-state index is 11.5. The number of hydrogen-bond donors (Lipinski definition) is 1. The summed E-state index contributed by atoms with van der Waals surface area (Å²) >= 11 is 3.41. The number of unbranched alkanes of at least 4 members (excludes halogenated alkanes) is 2. The fourth-order valence-electron chi connectivity index (χ4n) is 1.57. The highest BCUT2D eigenvalue weighted by molar-refractivity contribution is 9.08. The second-order valence-corrected chi connectivity index (χ2v) is 4.74. The molecule has 17 heavy (non-hydrogen) atoms. The molecule has 94 valence electrons. The van der Waals surface area contributed by atoms with Gasteiger partial charge in [-0.1, -0.05) is 60.0 Å². The van der Waals surface area contributed by atoms with Crippen molar-refractivity contribution in [2.45, 2.75) is 44.5 Å². The summed E-state index contributed by atoms with van der Waals surface area (Å²) in [7, 11) is 0. The van der Waals surface area contributed by atoms with Gasteiger partial charge in [-0.15, -0.1) is 0 Å². The molecule has 3 heteroatoms. The first kappa shape index (κ1) is 14.2. The molecule has 1 aromatic rings. The Kier molecular flexibility index (Phi) is 6.94. The van der Waals surface area contributed by atoms with Crippen molar-refractivity contribution in [3.05, 3.63) is 35.4 Å². The molecule has 0 aromatic heterocycles. The van der Waals surface area contributed by atoms with Crippen molar-refractivity contribution >= 4 is 21.8 Å². The molecule has 1 N–H and O–H groups in total. The SMILES string of the molecule is CCCCCC(=O)NCc1ccc(CBr)cc1. The zero-order chi connectivity index (χ0) is 12.5. The Morgan fingerprint density at radius 1 is 1.18 bits per heavy atom. The molecule has 0 radical (unpaired) electrons. The third-order valence-corrected chi connectivity index (χ3v) is 3.32. The summed E-state index contributed by atoms with van der Waals surface area (Å²) in [6.45, 7) is 2.77. The van der Waals surface area contributed by atoms with Crippen LogP contribution in [0, 0.1) is 0 Å². The van der Waals surface area contributed by atoms with Crippen molar-refractivity contribution in [3.8, 4) is 0 Å². The van der Waals surface area contributed by atoms with E-state index in [9.17, 15) is 4.79 Å². The van der Waals surface area contributed by atoms with Crippen molar-refractivity contribution in [1.29, 1.82) is 0 Å². The summed E-state index contributed by atoms with van der Waals surface area (Å²) in [6, 6.07) is 8.27. The lowest BCUT2D eigenvalue weighted by molar-refractivity contribution is -0.121. The molecular formula is C14H20BrNO. The summed E-state index contributed by atoms with van der Waals surface area (Å²) in [4.78, 5) is 11.5. The van der Waals surface area contributed by atoms with Crippen LogP contribution in [0.1, 0.15) is 43.7 Å². The second kappa shape index (κ2) is 8.29. The van der Waals surface area contributed by atoms with Gasteiger partial charge in [0, 0.05) is 18.3 Å². The van der Waals surface area contributed by atoms with Crippen LogP contribution in [0.4, 0.5) is 0 Å². The molecule has 1 rings (SSSR count). The van der Waals surface area contributed by atoms with Gasteiger partial charge in [0.25, 0.3) is 0 Å². The molecule has 2 nitrogen and oxygen atoms in total. The van der Waals surface area contributed by atoms with E-state index in [0.29, 0.717) is 13.0 Å². The summed E-state index contributed by atoms with van der Waals surface area (Å²) in [6.07, 6.45) is 3.92. The molecule has 0 saturated heterocycles. The van der Waals surface area contributed by atoms with Crippen LogP contribution in [-0.2, 0) is 16.7 Å². The van der Waals surface area contributed by atoms with Crippen molar-refractivity contribution in [2.75, 3.05) is 0 Å². The highest BCUT2D eigenvalue weighted by atomic mass is 79.9. The summed E-state index contributed by atoms with van der Waals surface area (Å²) in [5, 5.41) is 3.82. The fraction of sp³-hybridized carbons (Fsp3) is 0.500. The Hall–Kier alpha value is -0.830. The van der Waals surface area contributed by atoms with Gasteiger partial charge in [-0.05, 0) is 17.5 Å². The van der Waals surface area contributed by atoms with Crippen molar-refractivity contribution in [3.63, 3.8) is 0 Å². The highest BCUT2D eigenvalue weighted by Crippen LogP contribution is 2.07. The molecular weight excluding hydrogens is 278 g/mol. The van der Waals surface area contributed by atoms with E-state index in [-0.39, 0.29) is 5.91 Å². The molecule has 0 unspecified atom stereocenters. The second-order valence-electron chi connectivity index (χ2n) is 4.18. The van der Waals surface area contributed by atoms with Crippen molar-refractivity contribution in [1.82, 2.24) is 5.32 Å². The van der Waals surface area contributed by atoms with Crippen LogP contribution in [-0.4, -0.2) is 5.91 Å². The quantitative estimate of drug-likeness (QED) is 0.602. The normalized spacial score (nSPS) is 10.2. The zero-order valence-corrected chi connectivity index (χ0v) is 11.9. The highest BCUT2D eigenvalue weighted by Gasteiger charge is 2.00. The van der Waals surface area contributed by atoms with E-state index < -0.39 is 0 Å². The van der Waals surface area contributed by atoms with E-state index in [1.807, 2.05) is 0 Å². The minimum absolute atomic E-state index is 0.156. The molecule has 1 aromatic carbocycles. The van der Waals surface area contributed by atoms with Gasteiger partial charge in [0.15, 0.2) is 0 Å². The molecule has 1 amide bonds. The lowest BCUT2D eigenvalue weighted by Gasteiger charge is -2.05. The number of halogens is 1. The molecule has 0 aliphatic heterocycles. The third kappa shape index (κ3) is 5.87. The monoisotopic (exact) mass is 297 g/mol. The molecule has 0 aliphatic carbocycles. The maximum Gasteiger partial charge on any atom is 0.220 e. The van der Waals surface area contributed by atoms with E-state index in [1.54, 1.807) is 0 Å². The average Bonchev–Trinajstić information content (AvgIpc) is 2.37. The number of nitrogens with one attached hydrogen (secondary N) is 1. The van der Waals surface area contributed by atoms with Crippen molar-refractivity contribution < 1.29 is 4.79 Å².